The lowest BCUT2D eigenvalue weighted by Crippen LogP contribution is -2.10. The summed E-state index contributed by atoms with van der Waals surface area (Å²) in [4.78, 5) is 6.99. The third kappa shape index (κ3) is 18.4. The summed E-state index contributed by atoms with van der Waals surface area (Å²) in [5.74, 6) is 0. The third-order valence-electron chi connectivity index (χ3n) is 24.7. The van der Waals surface area contributed by atoms with Crippen LogP contribution in [0.3, 0.4) is 0 Å². The van der Waals surface area contributed by atoms with Gasteiger partial charge in [-0.2, -0.15) is 0 Å². The molecule has 0 atom stereocenters. The topological polar surface area (TPSA) is 27.8 Å². The maximum absolute atomic E-state index is 6.13. The molecule has 0 unspecified atom stereocenters. The molecule has 0 saturated carbocycles. The molecule has 134 heavy (non-hydrogen) atoms. The molecular formula is C126H87Br3N4O. The van der Waals surface area contributed by atoms with Crippen LogP contribution in [0.2, 0.25) is 0 Å². The van der Waals surface area contributed by atoms with E-state index in [0.717, 1.165) is 92.2 Å². The van der Waals surface area contributed by atoms with Crippen LogP contribution in [0.4, 0.5) is 51.2 Å². The van der Waals surface area contributed by atoms with Gasteiger partial charge in [0.05, 0.1) is 16.7 Å². The van der Waals surface area contributed by atoms with Gasteiger partial charge in [0.15, 0.2) is 0 Å². The predicted octanol–water partition coefficient (Wildman–Crippen LogP) is 37.8. The Morgan fingerprint density at radius 3 is 0.843 bits per heavy atom. The highest BCUT2D eigenvalue weighted by molar-refractivity contribution is 9.11. The fourth-order valence-electron chi connectivity index (χ4n) is 18.1. The van der Waals surface area contributed by atoms with Crippen LogP contribution >= 0.6 is 47.8 Å². The Kier molecular flexibility index (Phi) is 24.7. The Morgan fingerprint density at radius 1 is 0.164 bits per heavy atom. The van der Waals surface area contributed by atoms with E-state index < -0.39 is 0 Å². The second-order valence-corrected chi connectivity index (χ2v) is 35.9. The molecule has 2 heterocycles. The predicted molar refractivity (Wildman–Crippen MR) is 577 cm³/mol. The van der Waals surface area contributed by atoms with E-state index in [9.17, 15) is 0 Å². The van der Waals surface area contributed by atoms with Crippen molar-refractivity contribution >= 4 is 143 Å². The van der Waals surface area contributed by atoms with Crippen LogP contribution in [0.1, 0.15) is 0 Å². The normalized spacial score (nSPS) is 11.1. The van der Waals surface area contributed by atoms with Crippen molar-refractivity contribution in [3.63, 3.8) is 0 Å². The molecule has 8 heteroatoms. The van der Waals surface area contributed by atoms with E-state index in [0.29, 0.717) is 0 Å². The molecule has 0 spiro atoms. The lowest BCUT2D eigenvalue weighted by atomic mass is 9.93. The molecule has 5 nitrogen and oxygen atoms in total. The zero-order valence-electron chi connectivity index (χ0n) is 73.1. The minimum Gasteiger partial charge on any atom is -0.456 e. The van der Waals surface area contributed by atoms with E-state index in [1.807, 2.05) is 12.1 Å². The molecule has 0 N–H and O–H groups in total. The first-order valence-corrected chi connectivity index (χ1v) is 47.3. The summed E-state index contributed by atoms with van der Waals surface area (Å²) in [6, 6.07) is 188. The summed E-state index contributed by atoms with van der Waals surface area (Å²) >= 11 is 10.7. The van der Waals surface area contributed by atoms with Crippen molar-refractivity contribution in [1.82, 2.24) is 4.57 Å². The molecule has 23 rings (SSSR count). The Balaban J connectivity index is 0.000000122. The van der Waals surface area contributed by atoms with E-state index in [4.69, 9.17) is 4.42 Å². The van der Waals surface area contributed by atoms with Gasteiger partial charge in [-0.25, -0.2) is 0 Å². The average Bonchev–Trinajstić information content (AvgIpc) is 1.58. The van der Waals surface area contributed by atoms with Crippen molar-refractivity contribution in [3.05, 3.63) is 541 Å². The quantitative estimate of drug-likeness (QED) is 0.0806. The Labute approximate surface area is 806 Å². The monoisotopic (exact) mass is 1910 g/mol. The molecule has 0 aliphatic rings. The van der Waals surface area contributed by atoms with Crippen molar-refractivity contribution in [1.29, 1.82) is 0 Å². The van der Waals surface area contributed by atoms with E-state index in [1.165, 1.54) is 122 Å². The summed E-state index contributed by atoms with van der Waals surface area (Å²) in [5.41, 5.74) is 36.9. The Hall–Kier alpha value is -15.9. The molecule has 0 aliphatic heterocycles. The Bertz CT molecular complexity index is 7930. The summed E-state index contributed by atoms with van der Waals surface area (Å²) in [7, 11) is 0. The number of furan rings is 1. The largest absolute Gasteiger partial charge is 0.456 e. The highest BCUT2D eigenvalue weighted by atomic mass is 79.9. The number of fused-ring (bicyclic) bond motifs is 6. The summed E-state index contributed by atoms with van der Waals surface area (Å²) < 4.78 is 11.8. The highest BCUT2D eigenvalue weighted by Crippen LogP contribution is 2.47. The summed E-state index contributed by atoms with van der Waals surface area (Å²) in [6.45, 7) is 0. The zero-order chi connectivity index (χ0) is 90.1. The number of hydrogen-bond donors (Lipinski definition) is 0. The van der Waals surface area contributed by atoms with Gasteiger partial charge in [-0.05, 0) is 300 Å². The van der Waals surface area contributed by atoms with Crippen LogP contribution < -0.4 is 14.7 Å². The van der Waals surface area contributed by atoms with E-state index in [2.05, 4.69) is 583 Å². The van der Waals surface area contributed by atoms with Crippen LogP contribution in [0.5, 0.6) is 0 Å². The molecule has 0 amide bonds. The maximum atomic E-state index is 6.13. The van der Waals surface area contributed by atoms with Gasteiger partial charge >= 0.3 is 0 Å². The standard InChI is InChI=1S/C48H33BrN2.C42H28BrNO.C36H26BrN/c49-40-27-21-36(22-28-40)38-13-9-14-39(33-38)37-25-31-43(32-26-37)50(42-29-23-35(24-30-42)34-11-3-1-4-12-34)46-19-10-20-47-48(46)44-17-7-8-18-45(44)51(47)41-15-5-2-6-16-41;43-35-19-15-30(16-20-35)33-25-32(29-9-3-1-4-10-29)26-34(27-33)31-17-21-37(22-18-31)44(36-11-5-2-6-12-36)38-23-24-42-40(28-38)39-13-7-8-14-41(39)45-42;37-33-23-19-31(20-24-33)29-15-11-27(12-16-29)28-13-17-30(18-14-28)32-21-25-36(26-22-32)38(34-7-3-1-4-8-34)35-9-5-2-6-10-35/h1-33H;1-28H;1-26H. The average molecular weight is 1910 g/mol. The maximum Gasteiger partial charge on any atom is 0.135 e. The van der Waals surface area contributed by atoms with Crippen molar-refractivity contribution in [2.45, 2.75) is 0 Å². The molecule has 0 bridgehead atoms. The fraction of sp³-hybridized carbons (Fsp3) is 0. The highest BCUT2D eigenvalue weighted by Gasteiger charge is 2.24. The number of aromatic nitrogens is 1. The molecule has 0 fully saturated rings. The third-order valence-corrected chi connectivity index (χ3v) is 26.3. The van der Waals surface area contributed by atoms with Crippen LogP contribution in [0.15, 0.2) is 546 Å². The first-order chi connectivity index (χ1) is 66.1. The molecule has 21 aromatic carbocycles. The van der Waals surface area contributed by atoms with Gasteiger partial charge in [-0.1, -0.05) is 375 Å². The van der Waals surface area contributed by atoms with Gasteiger partial charge < -0.3 is 23.7 Å². The number of para-hydroxylation sites is 6. The first kappa shape index (κ1) is 84.9. The molecule has 638 valence electrons. The fourth-order valence-corrected chi connectivity index (χ4v) is 18.9. The number of halogens is 3. The molecular weight excluding hydrogens is 1830 g/mol. The van der Waals surface area contributed by atoms with Crippen molar-refractivity contribution in [2.75, 3.05) is 14.7 Å². The molecule has 0 aliphatic carbocycles. The first-order valence-electron chi connectivity index (χ1n) is 45.0. The van der Waals surface area contributed by atoms with Gasteiger partial charge in [-0.3, -0.25) is 0 Å². The van der Waals surface area contributed by atoms with Crippen LogP contribution in [0, 0.1) is 0 Å². The van der Waals surface area contributed by atoms with Gasteiger partial charge in [0, 0.05) is 86.1 Å². The van der Waals surface area contributed by atoms with E-state index >= 15 is 0 Å². The van der Waals surface area contributed by atoms with E-state index in [1.54, 1.807) is 0 Å². The van der Waals surface area contributed by atoms with E-state index in [-0.39, 0.29) is 0 Å². The molecule has 2 aromatic heterocycles. The van der Waals surface area contributed by atoms with Gasteiger partial charge in [0.25, 0.3) is 0 Å². The second-order valence-electron chi connectivity index (χ2n) is 33.1. The van der Waals surface area contributed by atoms with Crippen LogP contribution in [-0.4, -0.2) is 4.57 Å². The number of anilines is 9. The molecule has 0 saturated heterocycles. The lowest BCUT2D eigenvalue weighted by Gasteiger charge is -2.27. The molecule has 23 aromatic rings. The van der Waals surface area contributed by atoms with Gasteiger partial charge in [-0.15, -0.1) is 0 Å². The number of benzene rings is 21. The molecule has 0 radical (unpaired) electrons. The lowest BCUT2D eigenvalue weighted by molar-refractivity contribution is 0.669. The Morgan fingerprint density at radius 2 is 0.425 bits per heavy atom. The van der Waals surface area contributed by atoms with Crippen molar-refractivity contribution < 1.29 is 4.42 Å². The van der Waals surface area contributed by atoms with Crippen LogP contribution in [-0.2, 0) is 0 Å². The SMILES string of the molecule is Brc1ccc(-c2cc(-c3ccccc3)cc(-c3ccc(N(c4ccccc4)c4ccc5oc6ccccc6c5c4)cc3)c2)cc1.Brc1ccc(-c2ccc(-c3ccc(-c4ccc(N(c5ccccc5)c5ccccc5)cc4)cc3)cc2)cc1.Brc1ccc(-c2cccc(-c3ccc(N(c4ccc(-c5ccccc5)cc4)c4cccc5c4c4ccccc4n5-c4ccccc4)cc3)c2)cc1. The van der Waals surface area contributed by atoms with Crippen molar-refractivity contribution in [3.8, 4) is 106 Å². The smallest absolute Gasteiger partial charge is 0.135 e. The number of hydrogen-bond acceptors (Lipinski definition) is 4. The zero-order valence-corrected chi connectivity index (χ0v) is 77.8. The van der Waals surface area contributed by atoms with Crippen molar-refractivity contribution in [2.24, 2.45) is 0 Å². The summed E-state index contributed by atoms with van der Waals surface area (Å²) in [5, 5.41) is 4.67. The van der Waals surface area contributed by atoms with Crippen LogP contribution in [0.25, 0.3) is 150 Å². The minimum atomic E-state index is 0.892. The van der Waals surface area contributed by atoms with Gasteiger partial charge in [0.1, 0.15) is 11.2 Å². The number of rotatable bonds is 19. The summed E-state index contributed by atoms with van der Waals surface area (Å²) in [6.07, 6.45) is 0. The number of nitrogens with zero attached hydrogens (tertiary/aromatic N) is 4. The minimum absolute atomic E-state index is 0.892. The van der Waals surface area contributed by atoms with Gasteiger partial charge in [0.2, 0.25) is 0 Å². The second kappa shape index (κ2) is 39.0.